The van der Waals surface area contributed by atoms with E-state index in [2.05, 4.69) is 53.9 Å². The van der Waals surface area contributed by atoms with Crippen LogP contribution in [-0.2, 0) is 14.4 Å². The van der Waals surface area contributed by atoms with Gasteiger partial charge in [-0.15, -0.1) is 0 Å². The average Bonchev–Trinajstić information content (AvgIpc) is 4.26. The van der Waals surface area contributed by atoms with Crippen LogP contribution in [0.5, 0.6) is 0 Å². The monoisotopic (exact) mass is 887 g/mol. The molecule has 0 radical (unpaired) electrons. The molecule has 3 aromatic rings. The number of nitrogens with zero attached hydrogens (tertiary/aromatic N) is 4. The average molecular weight is 887 g/mol. The van der Waals surface area contributed by atoms with Gasteiger partial charge in [0.25, 0.3) is 11.8 Å². The molecule has 7 rings (SSSR count). The third-order valence-electron chi connectivity index (χ3n) is 14.1. The van der Waals surface area contributed by atoms with Crippen LogP contribution in [-0.4, -0.2) is 106 Å². The number of likely N-dealkylation sites (tertiary alicyclic amines) is 1. The number of carbonyl (C=O) groups is 5. The summed E-state index contributed by atoms with van der Waals surface area (Å²) >= 11 is 0. The topological polar surface area (TPSA) is 152 Å². The van der Waals surface area contributed by atoms with E-state index in [9.17, 15) is 29.2 Å². The van der Waals surface area contributed by atoms with Gasteiger partial charge in [0.15, 0.2) is 5.78 Å². The Morgan fingerprint density at radius 1 is 0.585 bits per heavy atom. The molecule has 2 aliphatic heterocycles. The quantitative estimate of drug-likeness (QED) is 0.0320. The van der Waals surface area contributed by atoms with Gasteiger partial charge in [-0.25, -0.2) is 0 Å². The van der Waals surface area contributed by atoms with Crippen molar-refractivity contribution in [2.45, 2.75) is 140 Å². The van der Waals surface area contributed by atoms with E-state index in [1.807, 2.05) is 41.3 Å². The molecule has 3 aromatic carbocycles. The maximum Gasteiger partial charge on any atom is 0.253 e. The molecule has 3 N–H and O–H groups in total. The van der Waals surface area contributed by atoms with E-state index >= 15 is 0 Å². The van der Waals surface area contributed by atoms with Gasteiger partial charge in [0, 0.05) is 80.6 Å². The number of amides is 4. The molecule has 0 unspecified atom stereocenters. The summed E-state index contributed by atoms with van der Waals surface area (Å²) in [7, 11) is 0. The molecule has 12 heteroatoms. The fraction of sp³-hybridized carbons (Fsp3) is 0.547. The van der Waals surface area contributed by atoms with Crippen LogP contribution in [0.3, 0.4) is 0 Å². The second-order valence-corrected chi connectivity index (χ2v) is 18.9. The molecule has 2 saturated heterocycles. The number of benzene rings is 3. The zero-order chi connectivity index (χ0) is 45.7. The fourth-order valence-electron chi connectivity index (χ4n) is 10.0. The minimum Gasteiger partial charge on any atom is -0.409 e. The van der Waals surface area contributed by atoms with E-state index in [1.165, 1.54) is 11.1 Å². The Morgan fingerprint density at radius 2 is 1.06 bits per heavy atom. The van der Waals surface area contributed by atoms with Gasteiger partial charge < -0.3 is 30.5 Å². The minimum atomic E-state index is -0.710. The lowest BCUT2D eigenvalue weighted by Gasteiger charge is -2.32. The van der Waals surface area contributed by atoms with Crippen LogP contribution in [0.4, 0.5) is 0 Å². The highest BCUT2D eigenvalue weighted by Gasteiger charge is 2.49. The van der Waals surface area contributed by atoms with E-state index in [0.29, 0.717) is 49.3 Å². The molecule has 2 aliphatic carbocycles. The Balaban J connectivity index is 1.01. The molecule has 12 nitrogen and oxygen atoms in total. The second kappa shape index (κ2) is 23.1. The number of rotatable bonds is 21. The Kier molecular flexibility index (Phi) is 16.9. The van der Waals surface area contributed by atoms with Crippen molar-refractivity contribution in [3.05, 3.63) is 107 Å². The van der Waals surface area contributed by atoms with Crippen LogP contribution in [0.15, 0.2) is 90.1 Å². The number of hydrogen-bond donors (Lipinski definition) is 3. The van der Waals surface area contributed by atoms with Crippen LogP contribution < -0.4 is 10.6 Å². The molecule has 0 aromatic heterocycles. The molecule has 2 heterocycles. The van der Waals surface area contributed by atoms with Gasteiger partial charge in [0.1, 0.15) is 11.9 Å². The van der Waals surface area contributed by atoms with E-state index < -0.39 is 17.9 Å². The number of amidine groups is 1. The molecule has 4 amide bonds. The first kappa shape index (κ1) is 47.4. The first-order chi connectivity index (χ1) is 31.7. The summed E-state index contributed by atoms with van der Waals surface area (Å²) < 4.78 is 0. The summed E-state index contributed by atoms with van der Waals surface area (Å²) in [4.78, 5) is 75.5. The van der Waals surface area contributed by atoms with Gasteiger partial charge in [0.05, 0.1) is 11.8 Å². The summed E-state index contributed by atoms with van der Waals surface area (Å²) in [5.41, 5.74) is 3.11. The van der Waals surface area contributed by atoms with Gasteiger partial charge in [-0.1, -0.05) is 131 Å². The van der Waals surface area contributed by atoms with Crippen molar-refractivity contribution in [2.75, 3.05) is 32.7 Å². The number of ketones is 1. The molecular weight excluding hydrogens is 817 g/mol. The third kappa shape index (κ3) is 12.4. The predicted molar refractivity (Wildman–Crippen MR) is 253 cm³/mol. The summed E-state index contributed by atoms with van der Waals surface area (Å²) in [6.45, 7) is 5.68. The first-order valence-electron chi connectivity index (χ1n) is 24.6. The van der Waals surface area contributed by atoms with Gasteiger partial charge in [-0.05, 0) is 67.5 Å². The third-order valence-corrected chi connectivity index (χ3v) is 14.1. The van der Waals surface area contributed by atoms with Crippen molar-refractivity contribution in [2.24, 2.45) is 17.0 Å². The molecule has 0 bridgehead atoms. The second-order valence-electron chi connectivity index (χ2n) is 18.9. The minimum absolute atomic E-state index is 0.0178. The van der Waals surface area contributed by atoms with E-state index in [-0.39, 0.29) is 73.0 Å². The molecule has 7 atom stereocenters. The Morgan fingerprint density at radius 3 is 1.55 bits per heavy atom. The van der Waals surface area contributed by atoms with E-state index in [4.69, 9.17) is 0 Å². The highest BCUT2D eigenvalue weighted by atomic mass is 16.4. The summed E-state index contributed by atoms with van der Waals surface area (Å²) in [5.74, 6) is -1.37. The van der Waals surface area contributed by atoms with Crippen LogP contribution in [0.2, 0.25) is 0 Å². The molecule has 0 spiro atoms. The number of nitrogens with one attached hydrogen (secondary N) is 2. The van der Waals surface area contributed by atoms with Crippen molar-refractivity contribution in [3.63, 3.8) is 0 Å². The largest absolute Gasteiger partial charge is 0.409 e. The smallest absolute Gasteiger partial charge is 0.253 e. The van der Waals surface area contributed by atoms with Crippen molar-refractivity contribution < 1.29 is 29.2 Å². The van der Waals surface area contributed by atoms with Crippen LogP contribution >= 0.6 is 0 Å². The number of unbranched alkanes of at least 4 members (excludes halogenated alkanes) is 8. The van der Waals surface area contributed by atoms with Crippen LogP contribution in [0.25, 0.3) is 0 Å². The Labute approximate surface area is 385 Å². The van der Waals surface area contributed by atoms with Crippen molar-refractivity contribution in [3.8, 4) is 0 Å². The summed E-state index contributed by atoms with van der Waals surface area (Å²) in [5, 5.41) is 20.3. The SMILES string of the molecule is CCCCCCCC(=O)[C@@H]1CN(C(=O)c2ccc(C(=O)N3C[C@@H](C(=O)N[C@H]4C[C@@H]4c4ccccc4)[C@H](C(=O)N[C@H]4C[C@@H]4c4ccccc4)C3)cc2)CCCN1/C(CCCCCCC)=N\O. The van der Waals surface area contributed by atoms with Gasteiger partial charge in [0.2, 0.25) is 11.8 Å². The summed E-state index contributed by atoms with van der Waals surface area (Å²) in [6.07, 6.45) is 13.6. The van der Waals surface area contributed by atoms with Gasteiger partial charge in [-0.2, -0.15) is 0 Å². The normalized spacial score (nSPS) is 24.0. The van der Waals surface area contributed by atoms with Gasteiger partial charge in [-0.3, -0.25) is 24.0 Å². The van der Waals surface area contributed by atoms with Gasteiger partial charge >= 0.3 is 0 Å². The van der Waals surface area contributed by atoms with Crippen molar-refractivity contribution in [1.82, 2.24) is 25.3 Å². The number of Topliss-reactive ketones (excluding diaryl/α,β-unsaturated/α-hetero) is 1. The summed E-state index contributed by atoms with van der Waals surface area (Å²) in [6, 6.07) is 26.1. The molecule has 2 saturated carbocycles. The highest BCUT2D eigenvalue weighted by Crippen LogP contribution is 2.43. The lowest BCUT2D eigenvalue weighted by Crippen LogP contribution is -2.50. The number of hydrogen-bond acceptors (Lipinski definition) is 7. The molecule has 4 fully saturated rings. The highest BCUT2D eigenvalue weighted by molar-refractivity contribution is 6.00. The van der Waals surface area contributed by atoms with Crippen LogP contribution in [0, 0.1) is 11.8 Å². The molecule has 4 aliphatic rings. The van der Waals surface area contributed by atoms with E-state index in [1.54, 1.807) is 34.1 Å². The zero-order valence-corrected chi connectivity index (χ0v) is 38.5. The predicted octanol–water partition coefficient (Wildman–Crippen LogP) is 8.31. The maximum absolute atomic E-state index is 14.2. The first-order valence-corrected chi connectivity index (χ1v) is 24.6. The maximum atomic E-state index is 14.2. The molecular formula is C53H70N6O6. The lowest BCUT2D eigenvalue weighted by molar-refractivity contribution is -0.133. The van der Waals surface area contributed by atoms with Crippen LogP contribution in [0.1, 0.15) is 154 Å². The zero-order valence-electron chi connectivity index (χ0n) is 38.5. The standard InChI is InChI=1S/C53H70N6O6/c1-3-5-7-9-17-24-48(60)47-36-57(30-19-31-59(47)49(56-65)25-18-10-8-6-4-2)52(63)39-26-28-40(29-27-39)53(64)58-34-43(50(61)54-45-32-41(45)37-20-13-11-14-21-37)44(35-58)51(62)55-46-33-42(46)38-22-15-12-16-23-38/h11-16,20-23,26-29,41-47,65H,3-10,17-19,24-25,30-36H2,1-2H3,(H,54,61)(H,55,62)/b56-49-/t41-,42-,43-,44-,45+,46+,47+/m1/s1. The van der Waals surface area contributed by atoms with Crippen molar-refractivity contribution >= 4 is 35.2 Å². The molecule has 348 valence electrons. The fourth-order valence-corrected chi connectivity index (χ4v) is 10.0. The number of carbonyl (C=O) groups excluding carboxylic acids is 5. The van der Waals surface area contributed by atoms with Crippen molar-refractivity contribution in [1.29, 1.82) is 0 Å². The van der Waals surface area contributed by atoms with E-state index in [0.717, 1.165) is 77.0 Å². The Hall–Kier alpha value is -5.52. The molecule has 65 heavy (non-hydrogen) atoms. The lowest BCUT2D eigenvalue weighted by atomic mass is 9.94. The Bertz CT molecular complexity index is 2020. The number of oxime groups is 1.